The van der Waals surface area contributed by atoms with Crippen molar-refractivity contribution in [2.24, 2.45) is 0 Å². The van der Waals surface area contributed by atoms with Gasteiger partial charge in [0.15, 0.2) is 0 Å². The fraction of sp³-hybridized carbons (Fsp3) is 0.250. The summed E-state index contributed by atoms with van der Waals surface area (Å²) in [6.07, 6.45) is -0.606. The molecule has 1 heterocycles. The number of ether oxygens (including phenoxy) is 1. The topological polar surface area (TPSA) is 46.6 Å². The van der Waals surface area contributed by atoms with Crippen molar-refractivity contribution in [1.82, 2.24) is 4.31 Å². The molecular weight excluding hydrogens is 343 g/mol. The molecule has 0 aliphatic carbocycles. The number of rotatable bonds is 3. The first-order chi connectivity index (χ1) is 11.4. The molecule has 3 rings (SSSR count). The summed E-state index contributed by atoms with van der Waals surface area (Å²) < 4.78 is 71.9. The number of morpholine rings is 1. The Balaban J connectivity index is 1.88. The SMILES string of the molecule is O=S(=O)(c1cc(F)ccc1F)N1CCOC(c2ccc(F)cc2)C1. The minimum Gasteiger partial charge on any atom is -0.371 e. The summed E-state index contributed by atoms with van der Waals surface area (Å²) in [6.45, 7) is 0.0537. The van der Waals surface area contributed by atoms with Gasteiger partial charge in [0, 0.05) is 13.1 Å². The number of hydrogen-bond donors (Lipinski definition) is 0. The van der Waals surface area contributed by atoms with Gasteiger partial charge in [-0.3, -0.25) is 0 Å². The van der Waals surface area contributed by atoms with Crippen LogP contribution in [0.5, 0.6) is 0 Å². The average Bonchev–Trinajstić information content (AvgIpc) is 2.58. The zero-order valence-corrected chi connectivity index (χ0v) is 13.3. The fourth-order valence-electron chi connectivity index (χ4n) is 2.54. The first kappa shape index (κ1) is 16.9. The predicted octanol–water partition coefficient (Wildman–Crippen LogP) is 2.87. The lowest BCUT2D eigenvalue weighted by Gasteiger charge is -2.32. The van der Waals surface area contributed by atoms with Crippen molar-refractivity contribution in [1.29, 1.82) is 0 Å². The Bertz CT molecular complexity index is 840. The Labute approximate surface area is 137 Å². The molecule has 2 aromatic rings. The second-order valence-electron chi connectivity index (χ2n) is 5.35. The van der Waals surface area contributed by atoms with Crippen molar-refractivity contribution in [2.45, 2.75) is 11.0 Å². The van der Waals surface area contributed by atoms with Crippen LogP contribution in [-0.2, 0) is 14.8 Å². The molecule has 1 atom stereocenters. The van der Waals surface area contributed by atoms with E-state index in [-0.39, 0.29) is 19.7 Å². The Kier molecular flexibility index (Phi) is 4.62. The van der Waals surface area contributed by atoms with Crippen molar-refractivity contribution < 1.29 is 26.3 Å². The summed E-state index contributed by atoms with van der Waals surface area (Å²) in [5.41, 5.74) is 0.607. The molecule has 2 aromatic carbocycles. The van der Waals surface area contributed by atoms with Crippen LogP contribution >= 0.6 is 0 Å². The smallest absolute Gasteiger partial charge is 0.246 e. The third kappa shape index (κ3) is 3.31. The second-order valence-corrected chi connectivity index (χ2v) is 7.26. The van der Waals surface area contributed by atoms with E-state index >= 15 is 0 Å². The third-order valence-corrected chi connectivity index (χ3v) is 5.66. The lowest BCUT2D eigenvalue weighted by atomic mass is 10.1. The molecule has 0 spiro atoms. The van der Waals surface area contributed by atoms with Crippen LogP contribution in [0.1, 0.15) is 11.7 Å². The van der Waals surface area contributed by atoms with Gasteiger partial charge < -0.3 is 4.74 Å². The van der Waals surface area contributed by atoms with Crippen molar-refractivity contribution in [3.8, 4) is 0 Å². The highest BCUT2D eigenvalue weighted by Gasteiger charge is 2.33. The molecule has 1 aliphatic heterocycles. The van der Waals surface area contributed by atoms with Crippen LogP contribution in [0, 0.1) is 17.5 Å². The van der Waals surface area contributed by atoms with Gasteiger partial charge in [-0.1, -0.05) is 12.1 Å². The lowest BCUT2D eigenvalue weighted by molar-refractivity contribution is -0.00264. The Hall–Kier alpha value is -1.90. The highest BCUT2D eigenvalue weighted by molar-refractivity contribution is 7.89. The van der Waals surface area contributed by atoms with E-state index < -0.39 is 38.5 Å². The van der Waals surface area contributed by atoms with Crippen LogP contribution < -0.4 is 0 Å². The molecule has 0 aromatic heterocycles. The largest absolute Gasteiger partial charge is 0.371 e. The minimum absolute atomic E-state index is 0.0238. The second kappa shape index (κ2) is 6.54. The van der Waals surface area contributed by atoms with Gasteiger partial charge in [0.2, 0.25) is 10.0 Å². The highest BCUT2D eigenvalue weighted by Crippen LogP contribution is 2.28. The van der Waals surface area contributed by atoms with Gasteiger partial charge >= 0.3 is 0 Å². The average molecular weight is 357 g/mol. The Morgan fingerprint density at radius 3 is 2.38 bits per heavy atom. The third-order valence-electron chi connectivity index (χ3n) is 3.78. The molecule has 0 saturated carbocycles. The summed E-state index contributed by atoms with van der Waals surface area (Å²) in [5, 5.41) is 0. The molecule has 0 bridgehead atoms. The summed E-state index contributed by atoms with van der Waals surface area (Å²) in [7, 11) is -4.20. The first-order valence-corrected chi connectivity index (χ1v) is 8.64. The van der Waals surface area contributed by atoms with Crippen LogP contribution in [0.3, 0.4) is 0 Å². The van der Waals surface area contributed by atoms with E-state index in [0.29, 0.717) is 11.6 Å². The number of benzene rings is 2. The van der Waals surface area contributed by atoms with Crippen molar-refractivity contribution in [2.75, 3.05) is 19.7 Å². The van der Waals surface area contributed by atoms with Gasteiger partial charge in [0.05, 0.1) is 12.7 Å². The number of hydrogen-bond acceptors (Lipinski definition) is 3. The van der Waals surface area contributed by atoms with E-state index in [1.807, 2.05) is 0 Å². The molecule has 1 unspecified atom stereocenters. The fourth-order valence-corrected chi connectivity index (χ4v) is 4.04. The maximum atomic E-state index is 13.8. The molecule has 4 nitrogen and oxygen atoms in total. The highest BCUT2D eigenvalue weighted by atomic mass is 32.2. The van der Waals surface area contributed by atoms with Gasteiger partial charge in [0.25, 0.3) is 0 Å². The van der Waals surface area contributed by atoms with Gasteiger partial charge in [0.1, 0.15) is 22.3 Å². The van der Waals surface area contributed by atoms with Crippen molar-refractivity contribution >= 4 is 10.0 Å². The monoisotopic (exact) mass is 357 g/mol. The molecule has 1 aliphatic rings. The zero-order valence-electron chi connectivity index (χ0n) is 12.5. The van der Waals surface area contributed by atoms with E-state index in [2.05, 4.69) is 0 Å². The van der Waals surface area contributed by atoms with E-state index in [9.17, 15) is 21.6 Å². The van der Waals surface area contributed by atoms with Gasteiger partial charge in [-0.25, -0.2) is 21.6 Å². The molecule has 128 valence electrons. The molecule has 1 fully saturated rings. The van der Waals surface area contributed by atoms with Crippen LogP contribution in [0.4, 0.5) is 13.2 Å². The van der Waals surface area contributed by atoms with E-state index in [4.69, 9.17) is 4.74 Å². The zero-order chi connectivity index (χ0) is 17.3. The van der Waals surface area contributed by atoms with Crippen molar-refractivity contribution in [3.05, 3.63) is 65.5 Å². The van der Waals surface area contributed by atoms with Gasteiger partial charge in [-0.2, -0.15) is 4.31 Å². The summed E-state index contributed by atoms with van der Waals surface area (Å²) >= 11 is 0. The summed E-state index contributed by atoms with van der Waals surface area (Å²) in [4.78, 5) is -0.706. The van der Waals surface area contributed by atoms with Crippen LogP contribution in [0.25, 0.3) is 0 Å². The molecular formula is C16H14F3NO3S. The number of sulfonamides is 1. The van der Waals surface area contributed by atoms with Gasteiger partial charge in [-0.15, -0.1) is 0 Å². The molecule has 24 heavy (non-hydrogen) atoms. The predicted molar refractivity (Wildman–Crippen MR) is 80.2 cm³/mol. The Morgan fingerprint density at radius 1 is 1.00 bits per heavy atom. The maximum absolute atomic E-state index is 13.8. The van der Waals surface area contributed by atoms with E-state index in [1.165, 1.54) is 24.3 Å². The Morgan fingerprint density at radius 2 is 1.67 bits per heavy atom. The molecule has 1 saturated heterocycles. The molecule has 0 radical (unpaired) electrons. The normalized spacial score (nSPS) is 19.4. The number of halogens is 3. The van der Waals surface area contributed by atoms with E-state index in [0.717, 1.165) is 16.4 Å². The summed E-state index contributed by atoms with van der Waals surface area (Å²) in [6, 6.07) is 7.79. The molecule has 0 N–H and O–H groups in total. The van der Waals surface area contributed by atoms with Gasteiger partial charge in [-0.05, 0) is 35.9 Å². The van der Waals surface area contributed by atoms with Crippen LogP contribution in [-0.4, -0.2) is 32.4 Å². The lowest BCUT2D eigenvalue weighted by Crippen LogP contribution is -2.42. The molecule has 0 amide bonds. The standard InChI is InChI=1S/C16H14F3NO3S/c17-12-3-1-11(2-4-12)15-10-20(7-8-23-15)24(21,22)16-9-13(18)5-6-14(16)19/h1-6,9,15H,7-8,10H2. The minimum atomic E-state index is -4.20. The quantitative estimate of drug-likeness (QED) is 0.849. The van der Waals surface area contributed by atoms with Crippen molar-refractivity contribution in [3.63, 3.8) is 0 Å². The van der Waals surface area contributed by atoms with E-state index in [1.54, 1.807) is 0 Å². The van der Waals surface area contributed by atoms with Crippen LogP contribution in [0.15, 0.2) is 47.4 Å². The first-order valence-electron chi connectivity index (χ1n) is 7.20. The van der Waals surface area contributed by atoms with Crippen LogP contribution in [0.2, 0.25) is 0 Å². The summed E-state index contributed by atoms with van der Waals surface area (Å²) in [5.74, 6) is -2.26. The maximum Gasteiger partial charge on any atom is 0.246 e. The molecule has 8 heteroatoms. The number of nitrogens with zero attached hydrogens (tertiary/aromatic N) is 1.